The molecule has 38 heavy (non-hydrogen) atoms. The van der Waals surface area contributed by atoms with Gasteiger partial charge < -0.3 is 34.1 Å². The zero-order valence-corrected chi connectivity index (χ0v) is 21.7. The Morgan fingerprint density at radius 3 is 2.42 bits per heavy atom. The van der Waals surface area contributed by atoms with Gasteiger partial charge in [-0.15, -0.1) is 0 Å². The molecule has 2 N–H and O–H groups in total. The molecule has 9 nitrogen and oxygen atoms in total. The third-order valence-corrected chi connectivity index (χ3v) is 7.99. The lowest BCUT2D eigenvalue weighted by molar-refractivity contribution is 0.0383. The number of aliphatic hydroxyl groups excluding tert-OH is 1. The van der Waals surface area contributed by atoms with E-state index in [4.69, 9.17) is 14.2 Å². The highest BCUT2D eigenvalue weighted by atomic mass is 19.1. The topological polar surface area (TPSA) is 86.3 Å². The first-order valence-corrected chi connectivity index (χ1v) is 13.1. The summed E-state index contributed by atoms with van der Waals surface area (Å²) in [6.07, 6.45) is 4.08. The average Bonchev–Trinajstić information content (AvgIpc) is 3.32. The molecule has 1 atom stereocenters. The Labute approximate surface area is 219 Å². The number of benzene rings is 1. The van der Waals surface area contributed by atoms with E-state index < -0.39 is 18.0 Å². The molecule has 3 aromatic rings. The largest absolute Gasteiger partial charge is 0.493 e. The summed E-state index contributed by atoms with van der Waals surface area (Å²) in [4.78, 5) is 13.7. The van der Waals surface area contributed by atoms with Crippen LogP contribution in [0.1, 0.15) is 30.5 Å². The first-order valence-electron chi connectivity index (χ1n) is 13.1. The summed E-state index contributed by atoms with van der Waals surface area (Å²) in [5.74, 6) is -2.09. The van der Waals surface area contributed by atoms with Crippen molar-refractivity contribution in [3.63, 3.8) is 0 Å². The van der Waals surface area contributed by atoms with Gasteiger partial charge in [-0.2, -0.15) is 0 Å². The Hall–Kier alpha value is -3.15. The van der Waals surface area contributed by atoms with E-state index in [1.807, 2.05) is 4.90 Å². The number of halogens is 2. The maximum absolute atomic E-state index is 15.5. The molecule has 1 saturated carbocycles. The number of hydrogen-bond acceptors (Lipinski definition) is 8. The van der Waals surface area contributed by atoms with Crippen molar-refractivity contribution in [2.24, 2.45) is 0 Å². The van der Waals surface area contributed by atoms with Gasteiger partial charge in [-0.1, -0.05) is 0 Å². The van der Waals surface area contributed by atoms with Gasteiger partial charge in [-0.05, 0) is 25.3 Å². The van der Waals surface area contributed by atoms with Crippen LogP contribution in [0.4, 0.5) is 20.2 Å². The summed E-state index contributed by atoms with van der Waals surface area (Å²) < 4.78 is 46.7. The van der Waals surface area contributed by atoms with Crippen LogP contribution in [0, 0.1) is 11.6 Å². The minimum absolute atomic E-state index is 0.0440. The van der Waals surface area contributed by atoms with Gasteiger partial charge in [0.2, 0.25) is 6.35 Å². The molecule has 0 spiro atoms. The van der Waals surface area contributed by atoms with Crippen molar-refractivity contribution in [1.29, 1.82) is 0 Å². The summed E-state index contributed by atoms with van der Waals surface area (Å²) in [5, 5.41) is 12.6. The van der Waals surface area contributed by atoms with Gasteiger partial charge in [0.25, 0.3) is 0 Å². The van der Waals surface area contributed by atoms with E-state index in [1.54, 1.807) is 6.20 Å². The highest BCUT2D eigenvalue weighted by Crippen LogP contribution is 2.45. The molecule has 4 heterocycles. The van der Waals surface area contributed by atoms with Crippen molar-refractivity contribution >= 4 is 22.4 Å². The molecule has 204 valence electrons. The number of aromatic nitrogens is 2. The summed E-state index contributed by atoms with van der Waals surface area (Å²) >= 11 is 0. The minimum Gasteiger partial charge on any atom is -0.493 e. The molecule has 0 radical (unpaired) electrons. The number of fused-ring (bicyclic) bond motifs is 3. The van der Waals surface area contributed by atoms with Crippen molar-refractivity contribution in [3.05, 3.63) is 41.2 Å². The number of morpholine rings is 1. The smallest absolute Gasteiger partial charge is 0.208 e. The quantitative estimate of drug-likeness (QED) is 0.482. The van der Waals surface area contributed by atoms with Crippen molar-refractivity contribution in [2.45, 2.75) is 44.6 Å². The number of aromatic amines is 1. The number of nitrogens with one attached hydrogen (secondary N) is 1. The zero-order chi connectivity index (χ0) is 26.4. The number of anilines is 2. The third kappa shape index (κ3) is 4.22. The number of methoxy groups -OCH3 is 2. The van der Waals surface area contributed by atoms with E-state index >= 15 is 8.78 Å². The molecule has 0 bridgehead atoms. The number of pyridine rings is 1. The predicted octanol–water partition coefficient (Wildman–Crippen LogP) is 3.39. The maximum Gasteiger partial charge on any atom is 0.208 e. The lowest BCUT2D eigenvalue weighted by Gasteiger charge is -2.50. The molecule has 2 aliphatic heterocycles. The van der Waals surface area contributed by atoms with E-state index in [0.717, 1.165) is 86.5 Å². The number of aliphatic hydroxyl groups is 1. The van der Waals surface area contributed by atoms with Crippen molar-refractivity contribution in [1.82, 2.24) is 14.9 Å². The number of hydrogen-bond donors (Lipinski definition) is 2. The Morgan fingerprint density at radius 1 is 1.08 bits per heavy atom. The van der Waals surface area contributed by atoms with Crippen LogP contribution < -0.4 is 19.3 Å². The van der Waals surface area contributed by atoms with Crippen LogP contribution in [0.25, 0.3) is 11.0 Å². The molecule has 0 amide bonds. The highest BCUT2D eigenvalue weighted by molar-refractivity contribution is 5.93. The van der Waals surface area contributed by atoms with Crippen LogP contribution in [-0.2, 0) is 17.7 Å². The summed E-state index contributed by atoms with van der Waals surface area (Å²) in [5.41, 5.74) is 3.07. The van der Waals surface area contributed by atoms with E-state index in [2.05, 4.69) is 20.9 Å². The normalized spacial score (nSPS) is 20.5. The molecular formula is C27H33F2N5O4. The van der Waals surface area contributed by atoms with Gasteiger partial charge in [-0.3, -0.25) is 4.90 Å². The molecule has 11 heteroatoms. The SMILES string of the molecule is COc1cc(OC)c(F)c(N2Cc3cnc4[nH]c(CCN5CCOCC5)cc4c3N(C3CCC3)C2O)c1F. The minimum atomic E-state index is -1.29. The second-order valence-electron chi connectivity index (χ2n) is 10.1. The molecular weight excluding hydrogens is 496 g/mol. The van der Waals surface area contributed by atoms with Gasteiger partial charge >= 0.3 is 0 Å². The Kier molecular flexibility index (Phi) is 6.75. The molecule has 1 aliphatic carbocycles. The predicted molar refractivity (Wildman–Crippen MR) is 139 cm³/mol. The molecule has 6 rings (SSSR count). The summed E-state index contributed by atoms with van der Waals surface area (Å²) in [7, 11) is 2.62. The maximum atomic E-state index is 15.5. The monoisotopic (exact) mass is 529 g/mol. The summed E-state index contributed by atoms with van der Waals surface area (Å²) in [6.45, 7) is 4.35. The highest BCUT2D eigenvalue weighted by Gasteiger charge is 2.42. The second kappa shape index (κ2) is 10.2. The molecule has 2 aromatic heterocycles. The Morgan fingerprint density at radius 2 is 1.79 bits per heavy atom. The van der Waals surface area contributed by atoms with Crippen LogP contribution >= 0.6 is 0 Å². The van der Waals surface area contributed by atoms with Crippen LogP contribution in [0.3, 0.4) is 0 Å². The number of rotatable bonds is 7. The van der Waals surface area contributed by atoms with Gasteiger partial charge in [0.15, 0.2) is 23.1 Å². The van der Waals surface area contributed by atoms with Gasteiger partial charge in [0, 0.05) is 61.0 Å². The average molecular weight is 530 g/mol. The van der Waals surface area contributed by atoms with E-state index in [9.17, 15) is 5.11 Å². The number of nitrogens with zero attached hydrogens (tertiary/aromatic N) is 4. The summed E-state index contributed by atoms with van der Waals surface area (Å²) in [6, 6.07) is 3.32. The molecule has 1 saturated heterocycles. The van der Waals surface area contributed by atoms with E-state index in [-0.39, 0.29) is 29.8 Å². The Balaban J connectivity index is 1.39. The van der Waals surface area contributed by atoms with Gasteiger partial charge in [0.05, 0.1) is 39.7 Å². The van der Waals surface area contributed by atoms with Crippen molar-refractivity contribution in [3.8, 4) is 11.5 Å². The third-order valence-electron chi connectivity index (χ3n) is 7.99. The van der Waals surface area contributed by atoms with Crippen molar-refractivity contribution in [2.75, 3.05) is 56.9 Å². The Bertz CT molecular complexity index is 1300. The first kappa shape index (κ1) is 25.1. The van der Waals surface area contributed by atoms with Gasteiger partial charge in [0.1, 0.15) is 11.3 Å². The standard InChI is InChI=1S/C27H33F2N5O4/c1-36-20-13-21(37-2)23(29)25(22(20)28)33-15-16-14-30-26-19(24(16)34(27(33)35)18-4-3-5-18)12-17(31-26)6-7-32-8-10-38-11-9-32/h12-14,18,27,35H,3-11,15H2,1-2H3,(H,30,31). The second-order valence-corrected chi connectivity index (χ2v) is 10.1. The lowest BCUT2D eigenvalue weighted by Crippen LogP contribution is -2.58. The zero-order valence-electron chi connectivity index (χ0n) is 21.7. The fraction of sp³-hybridized carbons (Fsp3) is 0.519. The van der Waals surface area contributed by atoms with Crippen LogP contribution in [0.15, 0.2) is 18.3 Å². The van der Waals surface area contributed by atoms with Crippen LogP contribution in [-0.4, -0.2) is 79.4 Å². The van der Waals surface area contributed by atoms with E-state index in [1.165, 1.54) is 25.2 Å². The number of H-pyrrole nitrogens is 1. The fourth-order valence-corrected chi connectivity index (χ4v) is 5.70. The van der Waals surface area contributed by atoms with Crippen molar-refractivity contribution < 1.29 is 28.1 Å². The number of ether oxygens (including phenoxy) is 3. The molecule has 3 aliphatic rings. The van der Waals surface area contributed by atoms with Crippen LogP contribution in [0.2, 0.25) is 0 Å². The molecule has 2 fully saturated rings. The molecule has 1 aromatic carbocycles. The lowest BCUT2D eigenvalue weighted by atomic mass is 9.89. The van der Waals surface area contributed by atoms with Crippen LogP contribution in [0.5, 0.6) is 11.5 Å². The van der Waals surface area contributed by atoms with Gasteiger partial charge in [-0.25, -0.2) is 13.8 Å². The molecule has 1 unspecified atom stereocenters. The first-order chi connectivity index (χ1) is 18.5. The fourth-order valence-electron chi connectivity index (χ4n) is 5.70. The van der Waals surface area contributed by atoms with E-state index in [0.29, 0.717) is 0 Å².